The highest BCUT2D eigenvalue weighted by Crippen LogP contribution is 2.23. The summed E-state index contributed by atoms with van der Waals surface area (Å²) in [5.41, 5.74) is 2.35. The van der Waals surface area contributed by atoms with Crippen LogP contribution in [0.5, 0.6) is 0 Å². The number of sulfonamides is 1. The molecule has 2 fully saturated rings. The van der Waals surface area contributed by atoms with Gasteiger partial charge in [-0.1, -0.05) is 12.1 Å². The second kappa shape index (κ2) is 8.61. The molecule has 3 rings (SSSR count). The lowest BCUT2D eigenvalue weighted by atomic mass is 9.98. The van der Waals surface area contributed by atoms with Crippen molar-refractivity contribution >= 4 is 21.6 Å². The number of benzene rings is 1. The van der Waals surface area contributed by atoms with Gasteiger partial charge >= 0.3 is 0 Å². The van der Waals surface area contributed by atoms with Crippen molar-refractivity contribution in [2.75, 3.05) is 44.4 Å². The maximum Gasteiger partial charge on any atom is 0.227 e. The second-order valence-corrected chi connectivity index (χ2v) is 9.85. The highest BCUT2D eigenvalue weighted by molar-refractivity contribution is 7.88. The number of hydrogen-bond donors (Lipinski definition) is 0. The first-order valence-electron chi connectivity index (χ1n) is 9.88. The minimum atomic E-state index is -3.23. The van der Waals surface area contributed by atoms with Gasteiger partial charge in [0.1, 0.15) is 0 Å². The molecule has 2 heterocycles. The van der Waals surface area contributed by atoms with Gasteiger partial charge in [-0.2, -0.15) is 0 Å². The number of nitrogens with zero attached hydrogens (tertiary/aromatic N) is 3. The van der Waals surface area contributed by atoms with E-state index in [2.05, 4.69) is 29.2 Å². The van der Waals surface area contributed by atoms with E-state index >= 15 is 0 Å². The third-order valence-electron chi connectivity index (χ3n) is 5.66. The van der Waals surface area contributed by atoms with Crippen LogP contribution in [0.3, 0.4) is 0 Å². The molecule has 150 valence electrons. The number of carbonyl (C=O) groups excluding carboxylic acids is 1. The summed E-state index contributed by atoms with van der Waals surface area (Å²) in [6.45, 7) is 3.61. The average Bonchev–Trinajstić information content (AvgIpc) is 2.68. The van der Waals surface area contributed by atoms with Gasteiger partial charge in [-0.05, 0) is 49.8 Å². The normalized spacial score (nSPS) is 21.9. The Morgan fingerprint density at radius 2 is 1.74 bits per heavy atom. The van der Waals surface area contributed by atoms with Gasteiger partial charge in [0, 0.05) is 45.5 Å². The Morgan fingerprint density at radius 1 is 1.07 bits per heavy atom. The summed E-state index contributed by atoms with van der Waals surface area (Å²) in [5, 5.41) is 0. The SMILES string of the molecule is CN(Cc1ccc(N2CCCCC2)cc1)C(=O)C1CCCN(S(C)(=O)=O)C1. The summed E-state index contributed by atoms with van der Waals surface area (Å²) in [5.74, 6) is -0.213. The maximum absolute atomic E-state index is 12.8. The van der Waals surface area contributed by atoms with E-state index in [1.165, 1.54) is 35.5 Å². The van der Waals surface area contributed by atoms with Crippen LogP contribution in [-0.4, -0.2) is 63.0 Å². The van der Waals surface area contributed by atoms with Crippen LogP contribution in [0.15, 0.2) is 24.3 Å². The third-order valence-corrected chi connectivity index (χ3v) is 6.93. The monoisotopic (exact) mass is 393 g/mol. The van der Waals surface area contributed by atoms with Crippen molar-refractivity contribution < 1.29 is 13.2 Å². The van der Waals surface area contributed by atoms with E-state index in [1.54, 1.807) is 11.9 Å². The molecule has 27 heavy (non-hydrogen) atoms. The zero-order chi connectivity index (χ0) is 19.4. The zero-order valence-corrected chi connectivity index (χ0v) is 17.2. The fourth-order valence-corrected chi connectivity index (χ4v) is 4.98. The van der Waals surface area contributed by atoms with Gasteiger partial charge in [-0.15, -0.1) is 0 Å². The van der Waals surface area contributed by atoms with E-state index in [-0.39, 0.29) is 11.8 Å². The Balaban J connectivity index is 1.57. The first-order chi connectivity index (χ1) is 12.8. The molecule has 2 saturated heterocycles. The molecule has 0 radical (unpaired) electrons. The Bertz CT molecular complexity index is 742. The minimum Gasteiger partial charge on any atom is -0.372 e. The van der Waals surface area contributed by atoms with Gasteiger partial charge < -0.3 is 9.80 Å². The van der Waals surface area contributed by atoms with Crippen LogP contribution in [0.1, 0.15) is 37.7 Å². The molecule has 2 aliphatic heterocycles. The van der Waals surface area contributed by atoms with Crippen LogP contribution in [0.25, 0.3) is 0 Å². The molecule has 0 aromatic heterocycles. The van der Waals surface area contributed by atoms with Crippen molar-refractivity contribution in [2.24, 2.45) is 5.92 Å². The lowest BCUT2D eigenvalue weighted by Crippen LogP contribution is -2.45. The van der Waals surface area contributed by atoms with Crippen LogP contribution in [0.4, 0.5) is 5.69 Å². The molecular formula is C20H31N3O3S. The lowest BCUT2D eigenvalue weighted by molar-refractivity contribution is -0.135. The fraction of sp³-hybridized carbons (Fsp3) is 0.650. The number of amides is 1. The number of anilines is 1. The quantitative estimate of drug-likeness (QED) is 0.770. The highest BCUT2D eigenvalue weighted by atomic mass is 32.2. The van der Waals surface area contributed by atoms with Gasteiger partial charge in [-0.3, -0.25) is 4.79 Å². The molecule has 7 heteroatoms. The van der Waals surface area contributed by atoms with Crippen molar-refractivity contribution in [3.63, 3.8) is 0 Å². The number of hydrogen-bond acceptors (Lipinski definition) is 4. The predicted octanol–water partition coefficient (Wildman–Crippen LogP) is 2.31. The van der Waals surface area contributed by atoms with Crippen LogP contribution >= 0.6 is 0 Å². The smallest absolute Gasteiger partial charge is 0.227 e. The molecule has 0 aliphatic carbocycles. The summed E-state index contributed by atoms with van der Waals surface area (Å²) in [7, 11) is -1.43. The Morgan fingerprint density at radius 3 is 2.37 bits per heavy atom. The molecule has 0 bridgehead atoms. The average molecular weight is 394 g/mol. The first kappa shape index (κ1) is 20.1. The summed E-state index contributed by atoms with van der Waals surface area (Å²) >= 11 is 0. The van der Waals surface area contributed by atoms with E-state index in [4.69, 9.17) is 0 Å². The van der Waals surface area contributed by atoms with Gasteiger partial charge in [0.15, 0.2) is 0 Å². The molecule has 0 saturated carbocycles. The summed E-state index contributed by atoms with van der Waals surface area (Å²) in [4.78, 5) is 16.9. The Kier molecular flexibility index (Phi) is 6.42. The maximum atomic E-state index is 12.8. The summed E-state index contributed by atoms with van der Waals surface area (Å²) in [6, 6.07) is 8.48. The highest BCUT2D eigenvalue weighted by Gasteiger charge is 2.31. The molecule has 1 amide bonds. The van der Waals surface area contributed by atoms with Crippen LogP contribution < -0.4 is 4.90 Å². The van der Waals surface area contributed by atoms with Gasteiger partial charge in [0.25, 0.3) is 0 Å². The molecule has 0 N–H and O–H groups in total. The van der Waals surface area contributed by atoms with E-state index in [0.717, 1.165) is 31.5 Å². The molecular weight excluding hydrogens is 362 g/mol. The van der Waals surface area contributed by atoms with Crippen molar-refractivity contribution in [1.29, 1.82) is 0 Å². The predicted molar refractivity (Wildman–Crippen MR) is 108 cm³/mol. The van der Waals surface area contributed by atoms with Crippen LogP contribution in [0, 0.1) is 5.92 Å². The van der Waals surface area contributed by atoms with Gasteiger partial charge in [-0.25, -0.2) is 12.7 Å². The molecule has 1 atom stereocenters. The number of rotatable bonds is 5. The van der Waals surface area contributed by atoms with Crippen molar-refractivity contribution in [1.82, 2.24) is 9.21 Å². The Hall–Kier alpha value is -1.60. The van der Waals surface area contributed by atoms with Gasteiger partial charge in [0.05, 0.1) is 12.2 Å². The molecule has 1 aromatic carbocycles. The van der Waals surface area contributed by atoms with Crippen molar-refractivity contribution in [3.8, 4) is 0 Å². The molecule has 2 aliphatic rings. The van der Waals surface area contributed by atoms with E-state index in [1.807, 2.05) is 0 Å². The lowest BCUT2D eigenvalue weighted by Gasteiger charge is -2.32. The number of piperidine rings is 2. The van der Waals surface area contributed by atoms with Gasteiger partial charge in [0.2, 0.25) is 15.9 Å². The minimum absolute atomic E-state index is 0.0310. The molecule has 1 aromatic rings. The second-order valence-electron chi connectivity index (χ2n) is 7.87. The molecule has 1 unspecified atom stereocenters. The first-order valence-corrected chi connectivity index (χ1v) is 11.7. The largest absolute Gasteiger partial charge is 0.372 e. The van der Waals surface area contributed by atoms with Crippen molar-refractivity contribution in [2.45, 2.75) is 38.6 Å². The van der Waals surface area contributed by atoms with Crippen molar-refractivity contribution in [3.05, 3.63) is 29.8 Å². The van der Waals surface area contributed by atoms with Crippen LogP contribution in [0.2, 0.25) is 0 Å². The third kappa shape index (κ3) is 5.23. The molecule has 0 spiro atoms. The molecule has 6 nitrogen and oxygen atoms in total. The van der Waals surface area contributed by atoms with E-state index in [0.29, 0.717) is 19.6 Å². The Labute approximate surface area is 163 Å². The topological polar surface area (TPSA) is 60.9 Å². The zero-order valence-electron chi connectivity index (χ0n) is 16.4. The van der Waals surface area contributed by atoms with Crippen LogP contribution in [-0.2, 0) is 21.4 Å². The summed E-state index contributed by atoms with van der Waals surface area (Å²) in [6.07, 6.45) is 6.54. The fourth-order valence-electron chi connectivity index (χ4n) is 4.07. The summed E-state index contributed by atoms with van der Waals surface area (Å²) < 4.78 is 25.0. The standard InChI is InChI=1S/C20H31N3O3S/c1-21(20(24)18-7-6-14-23(16-18)27(2,25)26)15-17-8-10-19(11-9-17)22-12-4-3-5-13-22/h8-11,18H,3-7,12-16H2,1-2H3. The van der Waals surface area contributed by atoms with E-state index in [9.17, 15) is 13.2 Å². The number of carbonyl (C=O) groups is 1. The van der Waals surface area contributed by atoms with E-state index < -0.39 is 10.0 Å².